The molecule has 5 nitrogen and oxygen atoms in total. The second-order valence-corrected chi connectivity index (χ2v) is 10.1. The molecule has 0 saturated heterocycles. The number of aliphatic hydroxyl groups is 1. The van der Waals surface area contributed by atoms with Gasteiger partial charge in [-0.3, -0.25) is 4.79 Å². The largest absolute Gasteiger partial charge is 0.491 e. The van der Waals surface area contributed by atoms with Crippen LogP contribution in [-0.4, -0.2) is 34.0 Å². The van der Waals surface area contributed by atoms with Gasteiger partial charge >= 0.3 is 0 Å². The van der Waals surface area contributed by atoms with E-state index >= 15 is 0 Å². The van der Waals surface area contributed by atoms with Crippen molar-refractivity contribution in [3.63, 3.8) is 0 Å². The predicted molar refractivity (Wildman–Crippen MR) is 124 cm³/mol. The van der Waals surface area contributed by atoms with Gasteiger partial charge in [0.05, 0.1) is 17.5 Å². The number of hydrogen-bond acceptors (Lipinski definition) is 6. The summed E-state index contributed by atoms with van der Waals surface area (Å²) >= 11 is 3.13. The van der Waals surface area contributed by atoms with Crippen LogP contribution in [0, 0.1) is 5.92 Å². The highest BCUT2D eigenvalue weighted by Crippen LogP contribution is 2.36. The minimum Gasteiger partial charge on any atom is -0.491 e. The van der Waals surface area contributed by atoms with Crippen molar-refractivity contribution in [1.82, 2.24) is 9.88 Å². The van der Waals surface area contributed by atoms with Gasteiger partial charge in [0.1, 0.15) is 23.1 Å². The summed E-state index contributed by atoms with van der Waals surface area (Å²) in [6.07, 6.45) is 5.36. The van der Waals surface area contributed by atoms with Crippen molar-refractivity contribution in [2.24, 2.45) is 5.92 Å². The maximum Gasteiger partial charge on any atom is 0.273 e. The van der Waals surface area contributed by atoms with E-state index in [1.165, 1.54) is 30.6 Å². The zero-order valence-corrected chi connectivity index (χ0v) is 19.0. The van der Waals surface area contributed by atoms with Crippen LogP contribution in [0.5, 0.6) is 5.75 Å². The number of aliphatic hydroxyl groups excluding tert-OH is 1. The molecule has 5 rings (SSSR count). The van der Waals surface area contributed by atoms with E-state index in [0.29, 0.717) is 31.3 Å². The number of rotatable bonds is 4. The van der Waals surface area contributed by atoms with E-state index in [2.05, 4.69) is 4.98 Å². The molecule has 3 heterocycles. The quantitative estimate of drug-likeness (QED) is 0.564. The van der Waals surface area contributed by atoms with Gasteiger partial charge in [-0.1, -0.05) is 31.4 Å². The van der Waals surface area contributed by atoms with E-state index in [-0.39, 0.29) is 5.91 Å². The third-order valence-corrected chi connectivity index (χ3v) is 8.13. The monoisotopic (exact) mass is 454 g/mol. The lowest BCUT2D eigenvalue weighted by molar-refractivity contribution is 0.0728. The van der Waals surface area contributed by atoms with Gasteiger partial charge in [-0.05, 0) is 47.9 Å². The van der Waals surface area contributed by atoms with Crippen LogP contribution in [0.25, 0.3) is 9.88 Å². The molecule has 162 valence electrons. The van der Waals surface area contributed by atoms with E-state index in [4.69, 9.17) is 4.74 Å². The third-order valence-electron chi connectivity index (χ3n) is 6.24. The van der Waals surface area contributed by atoms with Crippen LogP contribution in [-0.2, 0) is 6.54 Å². The summed E-state index contributed by atoms with van der Waals surface area (Å²) in [4.78, 5) is 20.6. The molecule has 1 aliphatic heterocycles. The highest BCUT2D eigenvalue weighted by molar-refractivity contribution is 7.20. The van der Waals surface area contributed by atoms with Gasteiger partial charge < -0.3 is 14.7 Å². The number of hydrogen-bond donors (Lipinski definition) is 1. The zero-order valence-electron chi connectivity index (χ0n) is 17.3. The van der Waals surface area contributed by atoms with Crippen molar-refractivity contribution in [3.05, 3.63) is 57.9 Å². The molecule has 31 heavy (non-hydrogen) atoms. The van der Waals surface area contributed by atoms with Crippen molar-refractivity contribution in [2.45, 2.75) is 44.8 Å². The Labute approximate surface area is 190 Å². The molecule has 1 aromatic carbocycles. The van der Waals surface area contributed by atoms with E-state index in [1.807, 2.05) is 41.1 Å². The van der Waals surface area contributed by atoms with Crippen molar-refractivity contribution in [2.75, 3.05) is 13.2 Å². The molecule has 7 heteroatoms. The molecular formula is C24H26N2O3S2. The first-order valence-electron chi connectivity index (χ1n) is 10.9. The Morgan fingerprint density at radius 1 is 1.19 bits per heavy atom. The van der Waals surface area contributed by atoms with Gasteiger partial charge in [0, 0.05) is 17.5 Å². The Morgan fingerprint density at radius 2 is 2.06 bits per heavy atom. The molecule has 0 spiro atoms. The molecule has 1 fully saturated rings. The Bertz CT molecular complexity index is 1040. The van der Waals surface area contributed by atoms with Crippen LogP contribution in [0.4, 0.5) is 0 Å². The van der Waals surface area contributed by atoms with Crippen LogP contribution in [0.2, 0.25) is 0 Å². The van der Waals surface area contributed by atoms with Gasteiger partial charge in [0.15, 0.2) is 0 Å². The average molecular weight is 455 g/mol. The number of ether oxygens (including phenoxy) is 1. The van der Waals surface area contributed by atoms with Crippen molar-refractivity contribution < 1.29 is 14.6 Å². The maximum absolute atomic E-state index is 13.2. The molecular weight excluding hydrogens is 428 g/mol. The zero-order chi connectivity index (χ0) is 21.2. The summed E-state index contributed by atoms with van der Waals surface area (Å²) in [5, 5.41) is 15.7. The minimum absolute atomic E-state index is 0.0752. The molecule has 1 aliphatic carbocycles. The van der Waals surface area contributed by atoms with E-state index in [9.17, 15) is 9.90 Å². The maximum atomic E-state index is 13.2. The number of carbonyl (C=O) groups excluding carboxylic acids is 1. The van der Waals surface area contributed by atoms with Crippen LogP contribution in [0.15, 0.2) is 41.1 Å². The fourth-order valence-corrected chi connectivity index (χ4v) is 6.15. The smallest absolute Gasteiger partial charge is 0.273 e. The standard InChI is InChI=1S/C24H26N2O3S2/c27-22(16-5-2-1-3-6-16)17-8-9-20-18(13-17)14-26(10-11-29-20)24(28)19-15-31-23(25-19)21-7-4-12-30-21/h4,7-9,12-13,15-16,22,27H,1-3,5-6,10-11,14H2. The van der Waals surface area contributed by atoms with Crippen LogP contribution >= 0.6 is 22.7 Å². The summed E-state index contributed by atoms with van der Waals surface area (Å²) in [6.45, 7) is 1.43. The Hall–Kier alpha value is -2.22. The molecule has 1 saturated carbocycles. The number of thiazole rings is 1. The highest BCUT2D eigenvalue weighted by Gasteiger charge is 2.27. The molecule has 1 atom stereocenters. The molecule has 0 radical (unpaired) electrons. The Kier molecular flexibility index (Phi) is 6.07. The van der Waals surface area contributed by atoms with Gasteiger partial charge in [-0.25, -0.2) is 4.98 Å². The molecule has 2 aliphatic rings. The molecule has 1 amide bonds. The summed E-state index contributed by atoms with van der Waals surface area (Å²) in [5.41, 5.74) is 2.36. The lowest BCUT2D eigenvalue weighted by atomic mass is 9.82. The number of aromatic nitrogens is 1. The molecule has 1 N–H and O–H groups in total. The summed E-state index contributed by atoms with van der Waals surface area (Å²) < 4.78 is 5.92. The van der Waals surface area contributed by atoms with Crippen LogP contribution < -0.4 is 4.74 Å². The number of fused-ring (bicyclic) bond motifs is 1. The topological polar surface area (TPSA) is 62.7 Å². The van der Waals surface area contributed by atoms with Crippen molar-refractivity contribution >= 4 is 28.6 Å². The first kappa shape index (κ1) is 20.7. The number of benzene rings is 1. The number of nitrogens with zero attached hydrogens (tertiary/aromatic N) is 2. The van der Waals surface area contributed by atoms with Gasteiger partial charge in [0.2, 0.25) is 0 Å². The summed E-state index contributed by atoms with van der Waals surface area (Å²) in [5.74, 6) is 1.04. The molecule has 3 aromatic rings. The SMILES string of the molecule is O=C(c1csc(-c2cccs2)n1)N1CCOc2ccc(C(O)C3CCCCC3)cc2C1. The third kappa shape index (κ3) is 4.40. The Balaban J connectivity index is 1.35. The van der Waals surface area contributed by atoms with E-state index in [1.54, 1.807) is 16.2 Å². The second kappa shape index (κ2) is 9.10. The number of carbonyl (C=O) groups is 1. The van der Waals surface area contributed by atoms with Gasteiger partial charge in [-0.15, -0.1) is 22.7 Å². The second-order valence-electron chi connectivity index (χ2n) is 8.30. The summed E-state index contributed by atoms with van der Waals surface area (Å²) in [7, 11) is 0. The van der Waals surface area contributed by atoms with E-state index in [0.717, 1.165) is 39.6 Å². The van der Waals surface area contributed by atoms with E-state index < -0.39 is 6.10 Å². The normalized spacial score (nSPS) is 18.2. The van der Waals surface area contributed by atoms with Crippen LogP contribution in [0.3, 0.4) is 0 Å². The fourth-order valence-electron chi connectivity index (χ4n) is 4.54. The lowest BCUT2D eigenvalue weighted by Crippen LogP contribution is -2.32. The Morgan fingerprint density at radius 3 is 2.87 bits per heavy atom. The fraction of sp³-hybridized carbons (Fsp3) is 0.417. The molecule has 1 unspecified atom stereocenters. The number of amides is 1. The first-order chi connectivity index (χ1) is 15.2. The average Bonchev–Trinajstić information content (AvgIpc) is 3.47. The predicted octanol–water partition coefficient (Wildman–Crippen LogP) is 5.52. The highest BCUT2D eigenvalue weighted by atomic mass is 32.1. The first-order valence-corrected chi connectivity index (χ1v) is 12.7. The molecule has 0 bridgehead atoms. The molecule has 2 aromatic heterocycles. The number of thiophene rings is 1. The van der Waals surface area contributed by atoms with Gasteiger partial charge in [-0.2, -0.15) is 0 Å². The van der Waals surface area contributed by atoms with Crippen LogP contribution in [0.1, 0.15) is 59.8 Å². The summed E-state index contributed by atoms with van der Waals surface area (Å²) in [6, 6.07) is 9.96. The minimum atomic E-state index is -0.454. The van der Waals surface area contributed by atoms with Gasteiger partial charge in [0.25, 0.3) is 5.91 Å². The lowest BCUT2D eigenvalue weighted by Gasteiger charge is -2.27. The van der Waals surface area contributed by atoms with Crippen molar-refractivity contribution in [1.29, 1.82) is 0 Å². The van der Waals surface area contributed by atoms with Crippen molar-refractivity contribution in [3.8, 4) is 15.6 Å².